The molecule has 1 saturated carbocycles. The summed E-state index contributed by atoms with van der Waals surface area (Å²) in [5.41, 5.74) is 6.13. The van der Waals surface area contributed by atoms with Gasteiger partial charge in [0.1, 0.15) is 0 Å². The van der Waals surface area contributed by atoms with Crippen molar-refractivity contribution in [3.05, 3.63) is 106 Å². The van der Waals surface area contributed by atoms with Crippen molar-refractivity contribution in [2.24, 2.45) is 0 Å². The molecule has 2 aromatic carbocycles. The molecule has 2 aliphatic rings. The Labute approximate surface area is 253 Å². The molecule has 1 heterocycles. The summed E-state index contributed by atoms with van der Waals surface area (Å²) in [7, 11) is -3.55. The number of rotatable bonds is 10. The molecule has 2 N–H and O–H groups in total. The first-order chi connectivity index (χ1) is 20.0. The molecule has 42 heavy (non-hydrogen) atoms. The lowest BCUT2D eigenvalue weighted by Gasteiger charge is -2.49. The fourth-order valence-electron chi connectivity index (χ4n) is 5.86. The van der Waals surface area contributed by atoms with Gasteiger partial charge in [-0.3, -0.25) is 14.4 Å². The first kappa shape index (κ1) is 31.7. The smallest absolute Gasteiger partial charge is 0.255 e. The number of carbonyl (C=O) groups is 2. The molecule has 1 aliphatic carbocycles. The first-order valence-corrected chi connectivity index (χ1v) is 16.3. The highest BCUT2D eigenvalue weighted by molar-refractivity contribution is 7.88. The number of allylic oxidation sites excluding steroid dienone is 4. The molecule has 0 saturated heterocycles. The van der Waals surface area contributed by atoms with Crippen LogP contribution in [-0.2, 0) is 19.7 Å². The van der Waals surface area contributed by atoms with Gasteiger partial charge in [-0.25, -0.2) is 18.6 Å². The van der Waals surface area contributed by atoms with Gasteiger partial charge in [0, 0.05) is 22.7 Å². The molecule has 4 atom stereocenters. The van der Waals surface area contributed by atoms with Gasteiger partial charge in [0.15, 0.2) is 0 Å². The maximum atomic E-state index is 14.4. The Kier molecular flexibility index (Phi) is 10.4. The van der Waals surface area contributed by atoms with E-state index < -0.39 is 40.0 Å². The molecule has 1 aliphatic heterocycles. The van der Waals surface area contributed by atoms with Crippen LogP contribution in [0.15, 0.2) is 78.9 Å². The van der Waals surface area contributed by atoms with Crippen LogP contribution in [0.4, 0.5) is 0 Å². The van der Waals surface area contributed by atoms with Crippen molar-refractivity contribution in [1.82, 2.24) is 15.1 Å². The summed E-state index contributed by atoms with van der Waals surface area (Å²) in [6.07, 6.45) is 11.1. The van der Waals surface area contributed by atoms with E-state index >= 15 is 0 Å². The van der Waals surface area contributed by atoms with E-state index in [1.165, 1.54) is 0 Å². The lowest BCUT2D eigenvalue weighted by molar-refractivity contribution is -0.136. The number of hydroxylamine groups is 1. The second-order valence-corrected chi connectivity index (χ2v) is 13.2. The summed E-state index contributed by atoms with van der Waals surface area (Å²) in [6, 6.07) is 10.9. The van der Waals surface area contributed by atoms with Crippen LogP contribution in [0.2, 0.25) is 5.02 Å². The van der Waals surface area contributed by atoms with Crippen molar-refractivity contribution >= 4 is 33.4 Å². The van der Waals surface area contributed by atoms with Crippen LogP contribution in [0.3, 0.4) is 0 Å². The van der Waals surface area contributed by atoms with Crippen molar-refractivity contribution in [1.29, 1.82) is 0 Å². The monoisotopic (exact) mass is 611 g/mol. The Morgan fingerprint density at radius 3 is 2.55 bits per heavy atom. The average molecular weight is 612 g/mol. The van der Waals surface area contributed by atoms with Gasteiger partial charge in [-0.05, 0) is 61.6 Å². The summed E-state index contributed by atoms with van der Waals surface area (Å²) < 4.78 is 27.5. The van der Waals surface area contributed by atoms with Gasteiger partial charge in [0.25, 0.3) is 11.8 Å². The molecule has 8 nitrogen and oxygen atoms in total. The highest BCUT2D eigenvalue weighted by Gasteiger charge is 2.49. The van der Waals surface area contributed by atoms with E-state index in [1.807, 2.05) is 50.3 Å². The van der Waals surface area contributed by atoms with Crippen LogP contribution >= 0.6 is 11.6 Å². The fourth-order valence-corrected chi connectivity index (χ4v) is 6.82. The molecular weight excluding hydrogens is 574 g/mol. The minimum absolute atomic E-state index is 0.165. The molecule has 0 aromatic heterocycles. The normalized spacial score (nSPS) is 23.1. The van der Waals surface area contributed by atoms with E-state index in [1.54, 1.807) is 35.3 Å². The van der Waals surface area contributed by atoms with Gasteiger partial charge in [-0.2, -0.15) is 0 Å². The van der Waals surface area contributed by atoms with E-state index in [-0.39, 0.29) is 12.5 Å². The van der Waals surface area contributed by atoms with Crippen molar-refractivity contribution in [2.45, 2.75) is 63.6 Å². The van der Waals surface area contributed by atoms with E-state index in [4.69, 9.17) is 16.4 Å². The lowest BCUT2D eigenvalue weighted by atomic mass is 9.76. The highest BCUT2D eigenvalue weighted by atomic mass is 35.5. The van der Waals surface area contributed by atoms with Crippen molar-refractivity contribution in [3.8, 4) is 0 Å². The van der Waals surface area contributed by atoms with Crippen molar-refractivity contribution in [2.75, 3.05) is 12.9 Å². The number of benzene rings is 2. The van der Waals surface area contributed by atoms with Crippen LogP contribution < -0.4 is 10.2 Å². The standard InChI is InChI=1S/C32H38ClN3O5S/c1-5-6-7-10-22(3)20-41-34-31(37)29-25-18-13-21(2)19-26(25)32(38)36(30(29)23-14-16-24(33)17-15-23)28-12-9-8-11-27(28)35-42(4,39)40/h5-7,10,13-19,27-30,35H,1,8-9,11-12,20H2,2-4H3,(H,34,37)/b7-6-,22-10+/t27-,28-,29+,30-/m0/s1. The third-order valence-electron chi connectivity index (χ3n) is 7.67. The number of halogens is 1. The first-order valence-electron chi connectivity index (χ1n) is 14.0. The molecule has 224 valence electrons. The van der Waals surface area contributed by atoms with Crippen LogP contribution in [0.1, 0.15) is 71.6 Å². The van der Waals surface area contributed by atoms with E-state index in [0.717, 1.165) is 30.2 Å². The number of hydrogen-bond donors (Lipinski definition) is 2. The second kappa shape index (κ2) is 13.8. The van der Waals surface area contributed by atoms with E-state index in [9.17, 15) is 18.0 Å². The summed E-state index contributed by atoms with van der Waals surface area (Å²) in [5.74, 6) is -1.47. The predicted molar refractivity (Wildman–Crippen MR) is 165 cm³/mol. The number of nitrogens with zero attached hydrogens (tertiary/aromatic N) is 1. The Bertz CT molecular complexity index is 1490. The van der Waals surface area contributed by atoms with Crippen LogP contribution in [0.5, 0.6) is 0 Å². The number of carbonyl (C=O) groups excluding carboxylic acids is 2. The molecule has 1 fully saturated rings. The van der Waals surface area contributed by atoms with Crippen LogP contribution in [0.25, 0.3) is 0 Å². The minimum Gasteiger partial charge on any atom is -0.326 e. The lowest BCUT2D eigenvalue weighted by Crippen LogP contribution is -2.59. The SMILES string of the molecule is C=C/C=C\C=C(/C)CONC(=O)[C@@H]1c2ccc(C)cc2C(=O)N([C@H]2CCCC[C@@H]2NS(C)(=O)=O)[C@H]1c1ccc(Cl)cc1. The molecule has 4 rings (SSSR count). The number of amides is 2. The molecule has 10 heteroatoms. The summed E-state index contributed by atoms with van der Waals surface area (Å²) in [5, 5.41) is 0.523. The molecular formula is C32H38ClN3O5S. The second-order valence-electron chi connectivity index (χ2n) is 11.0. The molecule has 0 spiro atoms. The zero-order valence-electron chi connectivity index (χ0n) is 24.2. The highest BCUT2D eigenvalue weighted by Crippen LogP contribution is 2.46. The van der Waals surface area contributed by atoms with Gasteiger partial charge in [-0.15, -0.1) is 0 Å². The quantitative estimate of drug-likeness (QED) is 0.272. The van der Waals surface area contributed by atoms with Gasteiger partial charge >= 0.3 is 0 Å². The molecule has 0 radical (unpaired) electrons. The van der Waals surface area contributed by atoms with E-state index in [0.29, 0.717) is 34.6 Å². The minimum atomic E-state index is -3.55. The average Bonchev–Trinajstić information content (AvgIpc) is 2.93. The zero-order valence-corrected chi connectivity index (χ0v) is 25.7. The number of fused-ring (bicyclic) bond motifs is 1. The van der Waals surface area contributed by atoms with Crippen molar-refractivity contribution < 1.29 is 22.8 Å². The maximum Gasteiger partial charge on any atom is 0.255 e. The number of hydrogen-bond acceptors (Lipinski definition) is 5. The molecule has 2 aromatic rings. The molecule has 0 unspecified atom stereocenters. The van der Waals surface area contributed by atoms with E-state index in [2.05, 4.69) is 16.8 Å². The summed E-state index contributed by atoms with van der Waals surface area (Å²) in [6.45, 7) is 7.59. The maximum absolute atomic E-state index is 14.4. The Morgan fingerprint density at radius 1 is 1.14 bits per heavy atom. The van der Waals surface area contributed by atoms with Crippen LogP contribution in [-0.4, -0.2) is 50.1 Å². The third-order valence-corrected chi connectivity index (χ3v) is 8.65. The number of nitrogens with one attached hydrogen (secondary N) is 2. The van der Waals surface area contributed by atoms with Crippen LogP contribution in [0, 0.1) is 6.92 Å². The molecule has 0 bridgehead atoms. The molecule has 2 amide bonds. The Hall–Kier alpha value is -3.24. The summed E-state index contributed by atoms with van der Waals surface area (Å²) in [4.78, 5) is 35.7. The Balaban J connectivity index is 1.80. The fraction of sp³-hybridized carbons (Fsp3) is 0.375. The summed E-state index contributed by atoms with van der Waals surface area (Å²) >= 11 is 6.23. The van der Waals surface area contributed by atoms with Crippen molar-refractivity contribution in [3.63, 3.8) is 0 Å². The zero-order chi connectivity index (χ0) is 30.4. The van der Waals surface area contributed by atoms with Gasteiger partial charge in [0.2, 0.25) is 10.0 Å². The van der Waals surface area contributed by atoms with Gasteiger partial charge in [0.05, 0.1) is 24.8 Å². The van der Waals surface area contributed by atoms with Gasteiger partial charge < -0.3 is 4.90 Å². The number of aryl methyl sites for hydroxylation is 1. The largest absolute Gasteiger partial charge is 0.326 e. The third kappa shape index (κ3) is 7.58. The number of sulfonamides is 1. The Morgan fingerprint density at radius 2 is 1.86 bits per heavy atom. The predicted octanol–water partition coefficient (Wildman–Crippen LogP) is 5.53. The topological polar surface area (TPSA) is 105 Å². The van der Waals surface area contributed by atoms with Gasteiger partial charge in [-0.1, -0.05) is 85.2 Å².